The molecule has 0 spiro atoms. The van der Waals surface area contributed by atoms with Crippen molar-refractivity contribution in [3.05, 3.63) is 109 Å². The molecule has 2 saturated heterocycles. The molecule has 0 aromatic rings. The number of rotatable bonds is 43. The standard InChI is InChI=1S/C61H101NO13/c1-3-5-7-9-11-13-15-17-19-21-23-24-25-26-27-29-31-33-35-37-39-41-43-45-53(66)62-49(50(65)44-42-40-38-36-34-32-30-28-22-20-18-16-14-12-10-8-6-4-2)48-72-60-58(71)56(69)59(52(47-64)74-60)75-61-57(70)55(68)54(67)51(46-63)73-61/h5,7,11,13,17,19,23-24,26-27,31,33-34,36-37,39,42,44,49-52,54-61,63-65,67-71H,3-4,6,8-10,12,14-16,18,20-22,25,28-30,32,35,38,40-41,43,45-48H2,1-2H3,(H,62,66)/b7-5-,13-11-,19-17-,24-23-,27-26-,33-31-,36-34+,39-37-,44-42+. The largest absolute Gasteiger partial charge is 0.394 e. The zero-order valence-electron chi connectivity index (χ0n) is 45.7. The number of hydrogen-bond acceptors (Lipinski definition) is 13. The van der Waals surface area contributed by atoms with Crippen LogP contribution >= 0.6 is 0 Å². The van der Waals surface area contributed by atoms with Gasteiger partial charge in [0.2, 0.25) is 5.91 Å². The minimum Gasteiger partial charge on any atom is -0.394 e. The maximum absolute atomic E-state index is 13.2. The molecule has 0 bridgehead atoms. The van der Waals surface area contributed by atoms with Crippen molar-refractivity contribution in [2.45, 2.75) is 248 Å². The summed E-state index contributed by atoms with van der Waals surface area (Å²) in [7, 11) is 0. The molecule has 12 unspecified atom stereocenters. The van der Waals surface area contributed by atoms with Gasteiger partial charge in [0.25, 0.3) is 0 Å². The van der Waals surface area contributed by atoms with Crippen LogP contribution in [0.15, 0.2) is 109 Å². The number of aliphatic hydroxyl groups excluding tert-OH is 8. The summed E-state index contributed by atoms with van der Waals surface area (Å²) in [5, 5.41) is 86.9. The first kappa shape index (κ1) is 67.8. The lowest BCUT2D eigenvalue weighted by Gasteiger charge is -2.46. The highest BCUT2D eigenvalue weighted by molar-refractivity contribution is 5.76. The summed E-state index contributed by atoms with van der Waals surface area (Å²) in [6.45, 7) is 2.61. The number of allylic oxidation sites excluding steroid dienone is 17. The average Bonchev–Trinajstić information content (AvgIpc) is 3.41. The van der Waals surface area contributed by atoms with Crippen molar-refractivity contribution >= 4 is 5.91 Å². The van der Waals surface area contributed by atoms with Gasteiger partial charge in [-0.15, -0.1) is 0 Å². The SMILES string of the molecule is CC/C=C\C/C=C\C/C=C\C/C=C\C/C=C\C/C=C\C/C=C\CCCC(=O)NC(COC1OC(CO)C(OC2OC(CO)C(O)C(O)C2O)C(O)C1O)C(O)/C=C/CC/C=C/CCCCCCCCCCCCCC. The van der Waals surface area contributed by atoms with Crippen LogP contribution in [0, 0.1) is 0 Å². The van der Waals surface area contributed by atoms with Crippen molar-refractivity contribution in [1.29, 1.82) is 0 Å². The van der Waals surface area contributed by atoms with Gasteiger partial charge in [0, 0.05) is 6.42 Å². The summed E-state index contributed by atoms with van der Waals surface area (Å²) >= 11 is 0. The fraction of sp³-hybridized carbons (Fsp3) is 0.689. The molecule has 2 aliphatic heterocycles. The Labute approximate surface area is 451 Å². The molecule has 0 aromatic heterocycles. The minimum absolute atomic E-state index is 0.187. The summed E-state index contributed by atoms with van der Waals surface area (Å²) in [5.41, 5.74) is 0. The quantitative estimate of drug-likeness (QED) is 0.0205. The van der Waals surface area contributed by atoms with Gasteiger partial charge in [-0.25, -0.2) is 0 Å². The average molecular weight is 1060 g/mol. The second-order valence-electron chi connectivity index (χ2n) is 19.7. The van der Waals surface area contributed by atoms with Crippen LogP contribution < -0.4 is 5.32 Å². The van der Waals surface area contributed by atoms with E-state index in [2.05, 4.69) is 110 Å². The third-order valence-corrected chi connectivity index (χ3v) is 13.2. The zero-order chi connectivity index (χ0) is 54.6. The molecule has 9 N–H and O–H groups in total. The first-order chi connectivity index (χ1) is 36.6. The molecule has 2 aliphatic rings. The van der Waals surface area contributed by atoms with E-state index in [1.165, 1.54) is 77.0 Å². The predicted octanol–water partition coefficient (Wildman–Crippen LogP) is 9.27. The zero-order valence-corrected chi connectivity index (χ0v) is 45.7. The fourth-order valence-electron chi connectivity index (χ4n) is 8.59. The van der Waals surface area contributed by atoms with E-state index < -0.39 is 86.8 Å². The Morgan fingerprint density at radius 2 is 0.933 bits per heavy atom. The summed E-state index contributed by atoms with van der Waals surface area (Å²) in [6, 6.07) is -0.970. The third-order valence-electron chi connectivity index (χ3n) is 13.2. The number of nitrogens with one attached hydrogen (secondary N) is 1. The summed E-state index contributed by atoms with van der Waals surface area (Å²) in [5.74, 6) is -0.312. The van der Waals surface area contributed by atoms with Crippen LogP contribution in [0.25, 0.3) is 0 Å². The van der Waals surface area contributed by atoms with Crippen LogP contribution in [0.1, 0.15) is 174 Å². The first-order valence-electron chi connectivity index (χ1n) is 28.6. The van der Waals surface area contributed by atoms with Crippen LogP contribution in [0.4, 0.5) is 0 Å². The maximum atomic E-state index is 13.2. The predicted molar refractivity (Wildman–Crippen MR) is 299 cm³/mol. The maximum Gasteiger partial charge on any atom is 0.220 e. The molecule has 0 radical (unpaired) electrons. The monoisotopic (exact) mass is 1060 g/mol. The van der Waals surface area contributed by atoms with Crippen molar-refractivity contribution < 1.29 is 64.6 Å². The molecule has 0 aliphatic carbocycles. The van der Waals surface area contributed by atoms with Crippen molar-refractivity contribution in [2.24, 2.45) is 0 Å². The highest BCUT2D eigenvalue weighted by Gasteiger charge is 2.51. The van der Waals surface area contributed by atoms with Gasteiger partial charge in [-0.1, -0.05) is 194 Å². The van der Waals surface area contributed by atoms with Crippen LogP contribution in [-0.2, 0) is 23.7 Å². The van der Waals surface area contributed by atoms with Gasteiger partial charge in [0.05, 0.1) is 32.0 Å². The van der Waals surface area contributed by atoms with Gasteiger partial charge in [-0.3, -0.25) is 4.79 Å². The molecule has 75 heavy (non-hydrogen) atoms. The Balaban J connectivity index is 1.85. The molecule has 2 heterocycles. The van der Waals surface area contributed by atoms with E-state index in [1.807, 2.05) is 12.2 Å². The van der Waals surface area contributed by atoms with Gasteiger partial charge in [-0.05, 0) is 83.5 Å². The van der Waals surface area contributed by atoms with Gasteiger partial charge >= 0.3 is 0 Å². The lowest BCUT2D eigenvalue weighted by molar-refractivity contribution is -0.359. The number of ether oxygens (including phenoxy) is 4. The van der Waals surface area contributed by atoms with Gasteiger partial charge in [-0.2, -0.15) is 0 Å². The number of amides is 1. The molecular weight excluding hydrogens is 955 g/mol. The fourth-order valence-corrected chi connectivity index (χ4v) is 8.59. The molecular formula is C61H101NO13. The lowest BCUT2D eigenvalue weighted by Crippen LogP contribution is -2.65. The van der Waals surface area contributed by atoms with Crippen LogP contribution in [0.5, 0.6) is 0 Å². The smallest absolute Gasteiger partial charge is 0.220 e. The van der Waals surface area contributed by atoms with Crippen molar-refractivity contribution in [1.82, 2.24) is 5.32 Å². The minimum atomic E-state index is -1.80. The molecule has 428 valence electrons. The number of aliphatic hydroxyl groups is 8. The summed E-state index contributed by atoms with van der Waals surface area (Å²) in [6.07, 6.45) is 47.0. The number of carbonyl (C=O) groups is 1. The normalized spacial score (nSPS) is 25.9. The van der Waals surface area contributed by atoms with Gasteiger partial charge in [0.1, 0.15) is 48.8 Å². The van der Waals surface area contributed by atoms with E-state index in [-0.39, 0.29) is 18.9 Å². The number of unbranched alkanes of at least 4 members (excludes halogenated alkanes) is 14. The van der Waals surface area contributed by atoms with Gasteiger partial charge in [0.15, 0.2) is 12.6 Å². The Morgan fingerprint density at radius 3 is 1.47 bits per heavy atom. The lowest BCUT2D eigenvalue weighted by atomic mass is 9.97. The molecule has 14 nitrogen and oxygen atoms in total. The molecule has 2 rings (SSSR count). The number of carbonyl (C=O) groups excluding carboxylic acids is 1. The van der Waals surface area contributed by atoms with E-state index in [4.69, 9.17) is 18.9 Å². The molecule has 1 amide bonds. The molecule has 14 heteroatoms. The van der Waals surface area contributed by atoms with Crippen molar-refractivity contribution in [2.75, 3.05) is 19.8 Å². The van der Waals surface area contributed by atoms with E-state index in [9.17, 15) is 45.6 Å². The second kappa shape index (κ2) is 45.6. The molecule has 12 atom stereocenters. The van der Waals surface area contributed by atoms with Crippen LogP contribution in [0.2, 0.25) is 0 Å². The highest BCUT2D eigenvalue weighted by Crippen LogP contribution is 2.30. The van der Waals surface area contributed by atoms with E-state index in [0.717, 1.165) is 57.8 Å². The van der Waals surface area contributed by atoms with Crippen molar-refractivity contribution in [3.8, 4) is 0 Å². The topological polar surface area (TPSA) is 228 Å². The van der Waals surface area contributed by atoms with Crippen LogP contribution in [-0.4, -0.2) is 140 Å². The molecule has 0 aromatic carbocycles. The second-order valence-corrected chi connectivity index (χ2v) is 19.7. The van der Waals surface area contributed by atoms with E-state index in [1.54, 1.807) is 6.08 Å². The van der Waals surface area contributed by atoms with E-state index in [0.29, 0.717) is 19.3 Å². The third kappa shape index (κ3) is 31.6. The highest BCUT2D eigenvalue weighted by atomic mass is 16.7. The molecule has 0 saturated carbocycles. The Kier molecular flexibility index (Phi) is 41.2. The summed E-state index contributed by atoms with van der Waals surface area (Å²) < 4.78 is 22.7. The number of hydrogen-bond donors (Lipinski definition) is 9. The van der Waals surface area contributed by atoms with Crippen molar-refractivity contribution in [3.63, 3.8) is 0 Å². The van der Waals surface area contributed by atoms with Gasteiger partial charge < -0.3 is 65.1 Å². The van der Waals surface area contributed by atoms with Crippen LogP contribution in [0.3, 0.4) is 0 Å². The molecule has 2 fully saturated rings. The first-order valence-corrected chi connectivity index (χ1v) is 28.6. The summed E-state index contributed by atoms with van der Waals surface area (Å²) in [4.78, 5) is 13.2. The Bertz CT molecular complexity index is 1670. The Hall–Kier alpha value is -3.35. The van der Waals surface area contributed by atoms with E-state index >= 15 is 0 Å². The Morgan fingerprint density at radius 1 is 0.493 bits per heavy atom.